The minimum atomic E-state index is 0.220. The molecule has 1 aliphatic heterocycles. The van der Waals surface area contributed by atoms with E-state index in [4.69, 9.17) is 4.74 Å². The Morgan fingerprint density at radius 3 is 3.04 bits per heavy atom. The average Bonchev–Trinajstić information content (AvgIpc) is 3.13. The second-order valence-electron chi connectivity index (χ2n) is 6.51. The number of ether oxygens (including phenoxy) is 1. The number of benzene rings is 1. The molecule has 4 rings (SSSR count). The molecule has 4 nitrogen and oxygen atoms in total. The van der Waals surface area contributed by atoms with Crippen LogP contribution in [0.4, 0.5) is 0 Å². The van der Waals surface area contributed by atoms with Crippen molar-refractivity contribution in [3.8, 4) is 0 Å². The van der Waals surface area contributed by atoms with Crippen LogP contribution in [0.2, 0.25) is 0 Å². The van der Waals surface area contributed by atoms with Crippen LogP contribution in [-0.4, -0.2) is 47.3 Å². The molecule has 0 spiro atoms. The van der Waals surface area contributed by atoms with Crippen molar-refractivity contribution in [2.24, 2.45) is 5.92 Å². The van der Waals surface area contributed by atoms with Crippen LogP contribution in [-0.2, 0) is 9.53 Å². The molecular formula is C18H22N2O2S. The highest BCUT2D eigenvalue weighted by atomic mass is 32.2. The lowest BCUT2D eigenvalue weighted by molar-refractivity contribution is -0.127. The summed E-state index contributed by atoms with van der Waals surface area (Å²) in [6, 6.07) is 8.20. The lowest BCUT2D eigenvalue weighted by Crippen LogP contribution is -2.31. The molecule has 1 aliphatic carbocycles. The molecule has 1 aromatic heterocycles. The number of hydrogen-bond acceptors (Lipinski definition) is 3. The number of aromatic amines is 1. The van der Waals surface area contributed by atoms with Gasteiger partial charge in [0.15, 0.2) is 0 Å². The Balaban J connectivity index is 1.28. The van der Waals surface area contributed by atoms with Crippen molar-refractivity contribution >= 4 is 28.6 Å². The van der Waals surface area contributed by atoms with Gasteiger partial charge in [-0.3, -0.25) is 4.79 Å². The van der Waals surface area contributed by atoms with E-state index >= 15 is 0 Å². The van der Waals surface area contributed by atoms with Crippen LogP contribution >= 0.6 is 11.8 Å². The summed E-state index contributed by atoms with van der Waals surface area (Å²) in [6.45, 7) is 2.49. The fourth-order valence-corrected chi connectivity index (χ4v) is 3.98. The molecule has 0 bridgehead atoms. The molecule has 2 heterocycles. The van der Waals surface area contributed by atoms with Crippen molar-refractivity contribution in [3.63, 3.8) is 0 Å². The van der Waals surface area contributed by atoms with Crippen LogP contribution in [0, 0.1) is 5.92 Å². The first-order chi connectivity index (χ1) is 11.3. The highest BCUT2D eigenvalue weighted by Crippen LogP contribution is 2.30. The lowest BCUT2D eigenvalue weighted by Gasteiger charge is -2.16. The predicted molar refractivity (Wildman–Crippen MR) is 92.7 cm³/mol. The number of amides is 1. The number of carbonyl (C=O) groups excluding carboxylic acids is 1. The summed E-state index contributed by atoms with van der Waals surface area (Å²) in [7, 11) is 0. The van der Waals surface area contributed by atoms with E-state index in [0.717, 1.165) is 42.4 Å². The molecule has 1 N–H and O–H groups in total. The summed E-state index contributed by atoms with van der Waals surface area (Å²) in [5.74, 6) is 1.51. The predicted octanol–water partition coefficient (Wildman–Crippen LogP) is 3.29. The van der Waals surface area contributed by atoms with Crippen molar-refractivity contribution in [2.45, 2.75) is 30.3 Å². The zero-order chi connectivity index (χ0) is 15.6. The highest BCUT2D eigenvalue weighted by molar-refractivity contribution is 8.00. The second kappa shape index (κ2) is 6.57. The largest absolute Gasteiger partial charge is 0.376 e. The van der Waals surface area contributed by atoms with Gasteiger partial charge >= 0.3 is 0 Å². The Bertz CT molecular complexity index is 695. The molecule has 2 aromatic rings. The van der Waals surface area contributed by atoms with Crippen LogP contribution in [0.15, 0.2) is 35.4 Å². The van der Waals surface area contributed by atoms with E-state index in [-0.39, 0.29) is 12.0 Å². The zero-order valence-corrected chi connectivity index (χ0v) is 14.0. The molecule has 2 fully saturated rings. The van der Waals surface area contributed by atoms with Gasteiger partial charge in [0.05, 0.1) is 11.9 Å². The van der Waals surface area contributed by atoms with Gasteiger partial charge in [0.2, 0.25) is 5.91 Å². The Morgan fingerprint density at radius 2 is 2.17 bits per heavy atom. The summed E-state index contributed by atoms with van der Waals surface area (Å²) in [5, 5.41) is 1.19. The van der Waals surface area contributed by atoms with E-state index in [1.54, 1.807) is 11.8 Å². The Hall–Kier alpha value is -1.46. The van der Waals surface area contributed by atoms with Crippen LogP contribution in [0.3, 0.4) is 0 Å². The van der Waals surface area contributed by atoms with Gasteiger partial charge < -0.3 is 14.6 Å². The SMILES string of the molecule is O=C(CSc1c[nH]c2ccccc12)N1CCC(OCC2CC2)C1. The molecule has 0 radical (unpaired) electrons. The van der Waals surface area contributed by atoms with Crippen LogP contribution < -0.4 is 0 Å². The number of thioether (sulfide) groups is 1. The summed E-state index contributed by atoms with van der Waals surface area (Å²) >= 11 is 1.62. The molecule has 23 heavy (non-hydrogen) atoms. The van der Waals surface area contributed by atoms with Gasteiger partial charge in [0, 0.05) is 41.7 Å². The number of carbonyl (C=O) groups is 1. The molecule has 1 saturated heterocycles. The number of fused-ring (bicyclic) bond motifs is 1. The van der Waals surface area contributed by atoms with Crippen LogP contribution in [0.25, 0.3) is 10.9 Å². The number of aromatic nitrogens is 1. The van der Waals surface area contributed by atoms with Gasteiger partial charge in [-0.05, 0) is 31.2 Å². The third-order valence-electron chi connectivity index (χ3n) is 4.66. The topological polar surface area (TPSA) is 45.3 Å². The van der Waals surface area contributed by atoms with E-state index < -0.39 is 0 Å². The van der Waals surface area contributed by atoms with Crippen molar-refractivity contribution in [2.75, 3.05) is 25.4 Å². The normalized spacial score (nSPS) is 21.2. The average molecular weight is 330 g/mol. The standard InChI is InChI=1S/C18H22N2O2S/c21-18(20-8-7-14(10-20)22-11-13-5-6-13)12-23-17-9-19-16-4-2-1-3-15(16)17/h1-4,9,13-14,19H,5-8,10-12H2. The molecule has 122 valence electrons. The fraction of sp³-hybridized carbons (Fsp3) is 0.500. The molecule has 1 unspecified atom stereocenters. The molecule has 1 amide bonds. The maximum Gasteiger partial charge on any atom is 0.233 e. The van der Waals surface area contributed by atoms with E-state index in [2.05, 4.69) is 17.1 Å². The third-order valence-corrected chi connectivity index (χ3v) is 5.70. The lowest BCUT2D eigenvalue weighted by atomic mass is 10.2. The smallest absolute Gasteiger partial charge is 0.233 e. The molecule has 5 heteroatoms. The minimum Gasteiger partial charge on any atom is -0.376 e. The molecule has 1 aromatic carbocycles. The number of para-hydroxylation sites is 1. The van der Waals surface area contributed by atoms with E-state index in [9.17, 15) is 4.79 Å². The number of nitrogens with one attached hydrogen (secondary N) is 1. The van der Waals surface area contributed by atoms with Crippen molar-refractivity contribution in [3.05, 3.63) is 30.5 Å². The van der Waals surface area contributed by atoms with Gasteiger partial charge in [-0.2, -0.15) is 0 Å². The molecule has 2 aliphatic rings. The number of hydrogen-bond donors (Lipinski definition) is 1. The summed E-state index contributed by atoms with van der Waals surface area (Å²) in [6.07, 6.45) is 5.86. The second-order valence-corrected chi connectivity index (χ2v) is 7.53. The number of H-pyrrole nitrogens is 1. The first kappa shape index (κ1) is 15.1. The van der Waals surface area contributed by atoms with E-state index in [0.29, 0.717) is 5.75 Å². The maximum absolute atomic E-state index is 12.4. The highest BCUT2D eigenvalue weighted by Gasteiger charge is 2.29. The Morgan fingerprint density at radius 1 is 1.30 bits per heavy atom. The van der Waals surface area contributed by atoms with E-state index in [1.807, 2.05) is 23.2 Å². The maximum atomic E-state index is 12.4. The fourth-order valence-electron chi connectivity index (χ4n) is 3.04. The number of likely N-dealkylation sites (tertiary alicyclic amines) is 1. The quantitative estimate of drug-likeness (QED) is 0.827. The third kappa shape index (κ3) is 3.56. The van der Waals surface area contributed by atoms with E-state index in [1.165, 1.54) is 18.2 Å². The van der Waals surface area contributed by atoms with Gasteiger partial charge in [-0.15, -0.1) is 11.8 Å². The van der Waals surface area contributed by atoms with Gasteiger partial charge in [-0.25, -0.2) is 0 Å². The van der Waals surface area contributed by atoms with Crippen LogP contribution in [0.1, 0.15) is 19.3 Å². The first-order valence-electron chi connectivity index (χ1n) is 8.38. The Labute approximate surface area is 140 Å². The monoisotopic (exact) mass is 330 g/mol. The van der Waals surface area contributed by atoms with Gasteiger partial charge in [-0.1, -0.05) is 18.2 Å². The van der Waals surface area contributed by atoms with Crippen molar-refractivity contribution in [1.29, 1.82) is 0 Å². The van der Waals surface area contributed by atoms with Gasteiger partial charge in [0.25, 0.3) is 0 Å². The van der Waals surface area contributed by atoms with Crippen molar-refractivity contribution in [1.82, 2.24) is 9.88 Å². The summed E-state index contributed by atoms with van der Waals surface area (Å²) < 4.78 is 5.91. The Kier molecular flexibility index (Phi) is 4.31. The molecule has 1 atom stereocenters. The van der Waals surface area contributed by atoms with Crippen LogP contribution in [0.5, 0.6) is 0 Å². The number of nitrogens with zero attached hydrogens (tertiary/aromatic N) is 1. The van der Waals surface area contributed by atoms with Crippen molar-refractivity contribution < 1.29 is 9.53 Å². The summed E-state index contributed by atoms with van der Waals surface area (Å²) in [5.41, 5.74) is 1.12. The zero-order valence-electron chi connectivity index (χ0n) is 13.2. The number of rotatable bonds is 6. The minimum absolute atomic E-state index is 0.220. The molecular weight excluding hydrogens is 308 g/mol. The first-order valence-corrected chi connectivity index (χ1v) is 9.36. The summed E-state index contributed by atoms with van der Waals surface area (Å²) in [4.78, 5) is 18.8. The van der Waals surface area contributed by atoms with Gasteiger partial charge in [0.1, 0.15) is 0 Å². The molecule has 1 saturated carbocycles.